The van der Waals surface area contributed by atoms with Crippen LogP contribution in [-0.4, -0.2) is 10.1 Å². The minimum absolute atomic E-state index is 0.509. The molecule has 0 aliphatic heterocycles. The quantitative estimate of drug-likeness (QED) is 0.710. The van der Waals surface area contributed by atoms with E-state index in [1.165, 1.54) is 0 Å². The summed E-state index contributed by atoms with van der Waals surface area (Å²) in [7, 11) is 0. The molecule has 0 fully saturated rings. The Morgan fingerprint density at radius 1 is 1.00 bits per heavy atom. The SMILES string of the molecule is Cc1ccc(-c2noc(-c3ccccc3)n2)cc1N. The first-order chi connectivity index (χ1) is 9.24. The van der Waals surface area contributed by atoms with Crippen LogP contribution in [0.5, 0.6) is 0 Å². The van der Waals surface area contributed by atoms with Gasteiger partial charge in [-0.2, -0.15) is 4.98 Å². The molecule has 1 aromatic heterocycles. The Morgan fingerprint density at radius 3 is 2.53 bits per heavy atom. The number of nitrogens with two attached hydrogens (primary N) is 1. The van der Waals surface area contributed by atoms with Crippen LogP contribution in [0.25, 0.3) is 22.8 Å². The van der Waals surface area contributed by atoms with E-state index in [4.69, 9.17) is 10.3 Å². The highest BCUT2D eigenvalue weighted by Crippen LogP contribution is 2.24. The molecule has 0 unspecified atom stereocenters. The van der Waals surface area contributed by atoms with Gasteiger partial charge in [0.2, 0.25) is 5.82 Å². The molecule has 2 N–H and O–H groups in total. The Bertz CT molecular complexity index is 704. The third-order valence-electron chi connectivity index (χ3n) is 2.98. The number of nitrogen functional groups attached to an aromatic ring is 1. The van der Waals surface area contributed by atoms with E-state index in [1.54, 1.807) is 0 Å². The van der Waals surface area contributed by atoms with Crippen LogP contribution in [0.2, 0.25) is 0 Å². The van der Waals surface area contributed by atoms with E-state index >= 15 is 0 Å². The second-order valence-electron chi connectivity index (χ2n) is 4.36. The van der Waals surface area contributed by atoms with Crippen molar-refractivity contribution < 1.29 is 4.52 Å². The lowest BCUT2D eigenvalue weighted by Crippen LogP contribution is -1.90. The molecule has 0 spiro atoms. The number of anilines is 1. The van der Waals surface area contributed by atoms with E-state index in [0.29, 0.717) is 11.7 Å². The molecule has 2 aromatic carbocycles. The summed E-state index contributed by atoms with van der Waals surface area (Å²) in [5, 5.41) is 3.99. The molecule has 4 nitrogen and oxygen atoms in total. The number of benzene rings is 2. The first kappa shape index (κ1) is 11.5. The molecule has 3 rings (SSSR count). The van der Waals surface area contributed by atoms with Crippen molar-refractivity contribution in [1.29, 1.82) is 0 Å². The van der Waals surface area contributed by atoms with Crippen molar-refractivity contribution in [2.75, 3.05) is 5.73 Å². The van der Waals surface area contributed by atoms with Gasteiger partial charge in [-0.15, -0.1) is 0 Å². The summed E-state index contributed by atoms with van der Waals surface area (Å²) in [6.45, 7) is 1.96. The minimum atomic E-state index is 0.509. The standard InChI is InChI=1S/C15H13N3O/c1-10-7-8-12(9-13(10)16)14-17-15(19-18-14)11-5-3-2-4-6-11/h2-9H,16H2,1H3. The zero-order chi connectivity index (χ0) is 13.2. The van der Waals surface area contributed by atoms with Crippen molar-refractivity contribution in [3.63, 3.8) is 0 Å². The Balaban J connectivity index is 1.99. The monoisotopic (exact) mass is 251 g/mol. The van der Waals surface area contributed by atoms with Crippen molar-refractivity contribution in [2.24, 2.45) is 0 Å². The molecule has 0 radical (unpaired) electrons. The second-order valence-corrected chi connectivity index (χ2v) is 4.36. The van der Waals surface area contributed by atoms with Gasteiger partial charge in [0.05, 0.1) is 0 Å². The van der Waals surface area contributed by atoms with E-state index in [9.17, 15) is 0 Å². The van der Waals surface area contributed by atoms with Crippen LogP contribution >= 0.6 is 0 Å². The topological polar surface area (TPSA) is 64.9 Å². The van der Waals surface area contributed by atoms with Crippen molar-refractivity contribution in [3.05, 3.63) is 54.1 Å². The highest BCUT2D eigenvalue weighted by Gasteiger charge is 2.10. The van der Waals surface area contributed by atoms with E-state index < -0.39 is 0 Å². The smallest absolute Gasteiger partial charge is 0.258 e. The summed E-state index contributed by atoms with van der Waals surface area (Å²) < 4.78 is 5.27. The van der Waals surface area contributed by atoms with Crippen LogP contribution in [0.1, 0.15) is 5.56 Å². The summed E-state index contributed by atoms with van der Waals surface area (Å²) in [5.74, 6) is 1.06. The van der Waals surface area contributed by atoms with Crippen LogP contribution in [0.15, 0.2) is 53.1 Å². The van der Waals surface area contributed by atoms with Crippen molar-refractivity contribution in [3.8, 4) is 22.8 Å². The second kappa shape index (κ2) is 4.57. The number of hydrogen-bond donors (Lipinski definition) is 1. The predicted molar refractivity (Wildman–Crippen MR) is 74.3 cm³/mol. The fourth-order valence-electron chi connectivity index (χ4n) is 1.82. The lowest BCUT2D eigenvalue weighted by atomic mass is 10.1. The van der Waals surface area contributed by atoms with Crippen LogP contribution < -0.4 is 5.73 Å². The van der Waals surface area contributed by atoms with Crippen LogP contribution in [0.3, 0.4) is 0 Å². The van der Waals surface area contributed by atoms with Gasteiger partial charge in [0, 0.05) is 16.8 Å². The van der Waals surface area contributed by atoms with Gasteiger partial charge in [-0.3, -0.25) is 0 Å². The normalized spacial score (nSPS) is 10.6. The van der Waals surface area contributed by atoms with Crippen molar-refractivity contribution in [1.82, 2.24) is 10.1 Å². The fourth-order valence-corrected chi connectivity index (χ4v) is 1.82. The summed E-state index contributed by atoms with van der Waals surface area (Å²) >= 11 is 0. The van der Waals surface area contributed by atoms with Gasteiger partial charge >= 0.3 is 0 Å². The maximum Gasteiger partial charge on any atom is 0.258 e. The summed E-state index contributed by atoms with van der Waals surface area (Å²) in [5.41, 5.74) is 9.41. The third-order valence-corrected chi connectivity index (χ3v) is 2.98. The number of rotatable bonds is 2. The van der Waals surface area contributed by atoms with Gasteiger partial charge in [-0.1, -0.05) is 35.5 Å². The van der Waals surface area contributed by atoms with Gasteiger partial charge in [0.1, 0.15) is 0 Å². The highest BCUT2D eigenvalue weighted by atomic mass is 16.5. The molecular weight excluding hydrogens is 238 g/mol. The maximum absolute atomic E-state index is 5.89. The zero-order valence-electron chi connectivity index (χ0n) is 10.5. The van der Waals surface area contributed by atoms with Crippen molar-refractivity contribution >= 4 is 5.69 Å². The molecule has 0 bridgehead atoms. The molecule has 4 heteroatoms. The highest BCUT2D eigenvalue weighted by molar-refractivity contribution is 5.65. The molecule has 0 aliphatic carbocycles. The Hall–Kier alpha value is -2.62. The van der Waals surface area contributed by atoms with Crippen LogP contribution in [-0.2, 0) is 0 Å². The first-order valence-corrected chi connectivity index (χ1v) is 5.99. The largest absolute Gasteiger partial charge is 0.398 e. The predicted octanol–water partition coefficient (Wildman–Crippen LogP) is 3.29. The van der Waals surface area contributed by atoms with Crippen LogP contribution in [0.4, 0.5) is 5.69 Å². The Kier molecular flexibility index (Phi) is 2.76. The molecule has 3 aromatic rings. The number of aromatic nitrogens is 2. The average Bonchev–Trinajstić information content (AvgIpc) is 2.93. The van der Waals surface area contributed by atoms with Gasteiger partial charge in [0.15, 0.2) is 0 Å². The third kappa shape index (κ3) is 2.20. The molecule has 1 heterocycles. The Morgan fingerprint density at radius 2 is 1.79 bits per heavy atom. The summed E-state index contributed by atoms with van der Waals surface area (Å²) in [6, 6.07) is 15.4. The first-order valence-electron chi connectivity index (χ1n) is 5.99. The lowest BCUT2D eigenvalue weighted by Gasteiger charge is -2.00. The molecule has 0 saturated heterocycles. The van der Waals surface area contributed by atoms with E-state index in [2.05, 4.69) is 10.1 Å². The molecule has 0 saturated carbocycles. The van der Waals surface area contributed by atoms with E-state index in [-0.39, 0.29) is 0 Å². The van der Waals surface area contributed by atoms with Gasteiger partial charge in [0.25, 0.3) is 5.89 Å². The number of hydrogen-bond acceptors (Lipinski definition) is 4. The molecule has 0 atom stereocenters. The van der Waals surface area contributed by atoms with E-state index in [0.717, 1.165) is 22.4 Å². The maximum atomic E-state index is 5.89. The Labute approximate surface area is 110 Å². The van der Waals surface area contributed by atoms with Crippen LogP contribution in [0, 0.1) is 6.92 Å². The number of aryl methyl sites for hydroxylation is 1. The fraction of sp³-hybridized carbons (Fsp3) is 0.0667. The van der Waals surface area contributed by atoms with Gasteiger partial charge < -0.3 is 10.3 Å². The van der Waals surface area contributed by atoms with Gasteiger partial charge in [-0.25, -0.2) is 0 Å². The minimum Gasteiger partial charge on any atom is -0.398 e. The average molecular weight is 251 g/mol. The zero-order valence-corrected chi connectivity index (χ0v) is 10.5. The van der Waals surface area contributed by atoms with Gasteiger partial charge in [-0.05, 0) is 30.7 Å². The number of nitrogens with zero attached hydrogens (tertiary/aromatic N) is 2. The molecule has 0 aliphatic rings. The van der Waals surface area contributed by atoms with Crippen molar-refractivity contribution in [2.45, 2.75) is 6.92 Å². The summed E-state index contributed by atoms with van der Waals surface area (Å²) in [4.78, 5) is 4.39. The molecular formula is C15H13N3O. The van der Waals surface area contributed by atoms with E-state index in [1.807, 2.05) is 55.5 Å². The summed E-state index contributed by atoms with van der Waals surface area (Å²) in [6.07, 6.45) is 0. The molecule has 0 amide bonds. The molecule has 19 heavy (non-hydrogen) atoms. The lowest BCUT2D eigenvalue weighted by molar-refractivity contribution is 0.432. The molecule has 94 valence electrons.